The Hall–Kier alpha value is -4.37. The van der Waals surface area contributed by atoms with E-state index in [1.165, 1.54) is 0 Å². The van der Waals surface area contributed by atoms with E-state index in [0.29, 0.717) is 56.8 Å². The standard InChI is InChI=1S/C33H38N6O3/c1-22(2)13-16-34-35-17-20-42-28-11-7-25(8-12-28)24-5-9-27(10-6-24)36-32-29-21-39(23(3)4)33(40)30(29)37-31(38-32)26-14-18-41-19-15-26/h5-12,14,23H,1,13,15-21H2,2-4H3,(H,36,37,38)/b35-34-. The topological polar surface area (TPSA) is 101 Å². The van der Waals surface area contributed by atoms with Crippen LogP contribution in [0.2, 0.25) is 0 Å². The molecule has 1 N–H and O–H groups in total. The first kappa shape index (κ1) is 29.1. The Bertz CT molecular complexity index is 1480. The lowest BCUT2D eigenvalue weighted by Gasteiger charge is -2.19. The molecular formula is C33H38N6O3. The molecule has 9 heteroatoms. The van der Waals surface area contributed by atoms with Gasteiger partial charge in [0.15, 0.2) is 5.82 Å². The first-order valence-corrected chi connectivity index (χ1v) is 14.5. The largest absolute Gasteiger partial charge is 0.492 e. The van der Waals surface area contributed by atoms with Gasteiger partial charge in [0.05, 0.1) is 32.8 Å². The van der Waals surface area contributed by atoms with Crippen LogP contribution in [0.5, 0.6) is 5.75 Å². The van der Waals surface area contributed by atoms with Gasteiger partial charge in [-0.05, 0) is 74.6 Å². The van der Waals surface area contributed by atoms with Crippen molar-refractivity contribution in [3.63, 3.8) is 0 Å². The predicted octanol–water partition coefficient (Wildman–Crippen LogP) is 6.85. The molecule has 1 aromatic heterocycles. The number of carbonyl (C=O) groups excluding carboxylic acids is 1. The molecule has 0 aliphatic carbocycles. The zero-order chi connectivity index (χ0) is 29.5. The van der Waals surface area contributed by atoms with Gasteiger partial charge in [0.25, 0.3) is 5.91 Å². The number of fused-ring (bicyclic) bond motifs is 1. The van der Waals surface area contributed by atoms with E-state index >= 15 is 0 Å². The fraction of sp³-hybridized carbons (Fsp3) is 0.364. The van der Waals surface area contributed by atoms with Crippen LogP contribution < -0.4 is 10.1 Å². The number of carbonyl (C=O) groups is 1. The molecule has 2 aliphatic rings. The average molecular weight is 567 g/mol. The molecule has 5 rings (SSSR count). The lowest BCUT2D eigenvalue weighted by molar-refractivity contribution is 0.0726. The summed E-state index contributed by atoms with van der Waals surface area (Å²) in [6.07, 6.45) is 3.58. The number of azo groups is 1. The van der Waals surface area contributed by atoms with Crippen molar-refractivity contribution in [3.05, 3.63) is 83.8 Å². The summed E-state index contributed by atoms with van der Waals surface area (Å²) in [5.74, 6) is 2.00. The van der Waals surface area contributed by atoms with E-state index in [-0.39, 0.29) is 11.9 Å². The third-order valence-electron chi connectivity index (χ3n) is 7.21. The second-order valence-electron chi connectivity index (χ2n) is 10.8. The molecule has 0 saturated carbocycles. The average Bonchev–Trinajstić information content (AvgIpc) is 3.34. The van der Waals surface area contributed by atoms with E-state index in [9.17, 15) is 4.79 Å². The van der Waals surface area contributed by atoms with Crippen LogP contribution in [0.3, 0.4) is 0 Å². The molecule has 0 fully saturated rings. The number of hydrogen-bond donors (Lipinski definition) is 1. The third kappa shape index (κ3) is 7.09. The third-order valence-corrected chi connectivity index (χ3v) is 7.21. The van der Waals surface area contributed by atoms with E-state index in [2.05, 4.69) is 34.3 Å². The van der Waals surface area contributed by atoms with Gasteiger partial charge in [0, 0.05) is 17.3 Å². The summed E-state index contributed by atoms with van der Waals surface area (Å²) in [5, 5.41) is 11.7. The molecule has 0 atom stereocenters. The quantitative estimate of drug-likeness (QED) is 0.146. The highest BCUT2D eigenvalue weighted by atomic mass is 16.5. The number of amides is 1. The Balaban J connectivity index is 1.26. The molecule has 218 valence electrons. The lowest BCUT2D eigenvalue weighted by Crippen LogP contribution is -2.31. The summed E-state index contributed by atoms with van der Waals surface area (Å²) in [5.41, 5.74) is 6.49. The van der Waals surface area contributed by atoms with Crippen molar-refractivity contribution < 1.29 is 14.3 Å². The van der Waals surface area contributed by atoms with Crippen LogP contribution in [-0.2, 0) is 11.3 Å². The molecule has 0 saturated heterocycles. The Kier molecular flexibility index (Phi) is 9.38. The van der Waals surface area contributed by atoms with Crippen molar-refractivity contribution >= 4 is 23.0 Å². The summed E-state index contributed by atoms with van der Waals surface area (Å²) >= 11 is 0. The second kappa shape index (κ2) is 13.5. The predicted molar refractivity (Wildman–Crippen MR) is 165 cm³/mol. The van der Waals surface area contributed by atoms with Crippen molar-refractivity contribution in [1.82, 2.24) is 14.9 Å². The summed E-state index contributed by atoms with van der Waals surface area (Å²) in [6.45, 7) is 13.2. The number of benzene rings is 2. The minimum Gasteiger partial charge on any atom is -0.492 e. The van der Waals surface area contributed by atoms with Gasteiger partial charge in [0.2, 0.25) is 0 Å². The van der Waals surface area contributed by atoms with E-state index in [0.717, 1.165) is 52.1 Å². The maximum atomic E-state index is 13.2. The molecule has 0 spiro atoms. The van der Waals surface area contributed by atoms with Crippen LogP contribution in [0.4, 0.5) is 11.5 Å². The minimum absolute atomic E-state index is 0.0508. The molecule has 0 bridgehead atoms. The van der Waals surface area contributed by atoms with Crippen LogP contribution in [0.25, 0.3) is 16.7 Å². The highest BCUT2D eigenvalue weighted by Gasteiger charge is 2.34. The Labute approximate surface area is 247 Å². The van der Waals surface area contributed by atoms with Crippen molar-refractivity contribution in [2.45, 2.75) is 46.2 Å². The van der Waals surface area contributed by atoms with Crippen molar-refractivity contribution in [2.24, 2.45) is 10.2 Å². The number of hydrogen-bond acceptors (Lipinski definition) is 8. The Morgan fingerprint density at radius 3 is 2.45 bits per heavy atom. The molecule has 2 aromatic carbocycles. The molecule has 9 nitrogen and oxygen atoms in total. The Morgan fingerprint density at radius 2 is 1.79 bits per heavy atom. The number of nitrogens with zero attached hydrogens (tertiary/aromatic N) is 5. The molecule has 0 unspecified atom stereocenters. The number of nitrogens with one attached hydrogen (secondary N) is 1. The van der Waals surface area contributed by atoms with Gasteiger partial charge in [-0.2, -0.15) is 10.2 Å². The lowest BCUT2D eigenvalue weighted by atomic mass is 10.1. The molecule has 0 radical (unpaired) electrons. The highest BCUT2D eigenvalue weighted by molar-refractivity contribution is 5.98. The van der Waals surface area contributed by atoms with E-state index in [4.69, 9.17) is 19.4 Å². The van der Waals surface area contributed by atoms with Gasteiger partial charge in [-0.25, -0.2) is 9.97 Å². The van der Waals surface area contributed by atoms with Crippen LogP contribution in [0, 0.1) is 0 Å². The first-order chi connectivity index (χ1) is 20.4. The molecule has 2 aliphatic heterocycles. The van der Waals surface area contributed by atoms with Crippen LogP contribution >= 0.6 is 0 Å². The number of ether oxygens (including phenoxy) is 2. The molecule has 1 amide bonds. The van der Waals surface area contributed by atoms with E-state index < -0.39 is 0 Å². The molecule has 3 aromatic rings. The summed E-state index contributed by atoms with van der Waals surface area (Å²) in [7, 11) is 0. The summed E-state index contributed by atoms with van der Waals surface area (Å²) < 4.78 is 11.3. The fourth-order valence-corrected chi connectivity index (χ4v) is 4.80. The summed E-state index contributed by atoms with van der Waals surface area (Å²) in [4.78, 5) is 24.6. The van der Waals surface area contributed by atoms with Gasteiger partial charge in [0.1, 0.15) is 23.9 Å². The first-order valence-electron chi connectivity index (χ1n) is 14.5. The number of aromatic nitrogens is 2. The van der Waals surface area contributed by atoms with Crippen molar-refractivity contribution in [1.29, 1.82) is 0 Å². The van der Waals surface area contributed by atoms with E-state index in [1.54, 1.807) is 0 Å². The zero-order valence-electron chi connectivity index (χ0n) is 24.6. The molecule has 42 heavy (non-hydrogen) atoms. The fourth-order valence-electron chi connectivity index (χ4n) is 4.80. The van der Waals surface area contributed by atoms with Gasteiger partial charge < -0.3 is 19.7 Å². The maximum Gasteiger partial charge on any atom is 0.273 e. The monoisotopic (exact) mass is 566 g/mol. The van der Waals surface area contributed by atoms with E-state index in [1.807, 2.05) is 68.1 Å². The molecular weight excluding hydrogens is 528 g/mol. The van der Waals surface area contributed by atoms with Crippen molar-refractivity contribution in [3.8, 4) is 16.9 Å². The van der Waals surface area contributed by atoms with Crippen molar-refractivity contribution in [2.75, 3.05) is 38.2 Å². The summed E-state index contributed by atoms with van der Waals surface area (Å²) in [6, 6.07) is 16.3. The Morgan fingerprint density at radius 1 is 1.07 bits per heavy atom. The van der Waals surface area contributed by atoms with Crippen LogP contribution in [-0.4, -0.2) is 59.7 Å². The number of anilines is 2. The van der Waals surface area contributed by atoms with Gasteiger partial charge >= 0.3 is 0 Å². The maximum absolute atomic E-state index is 13.2. The molecule has 3 heterocycles. The smallest absolute Gasteiger partial charge is 0.273 e. The van der Waals surface area contributed by atoms with Crippen LogP contribution in [0.1, 0.15) is 55.5 Å². The highest BCUT2D eigenvalue weighted by Crippen LogP contribution is 2.33. The second-order valence-corrected chi connectivity index (χ2v) is 10.8. The zero-order valence-corrected chi connectivity index (χ0v) is 24.6. The normalized spacial score (nSPS) is 14.8. The van der Waals surface area contributed by atoms with Gasteiger partial charge in [-0.15, -0.1) is 6.58 Å². The van der Waals surface area contributed by atoms with Gasteiger partial charge in [-0.3, -0.25) is 4.79 Å². The SMILES string of the molecule is C=C(C)CC/N=N\CCOc1ccc(-c2ccc(Nc3nc(C4=CCOCC4)nc4c3CN(C(C)C)C4=O)cc2)cc1. The van der Waals surface area contributed by atoms with Gasteiger partial charge in [-0.1, -0.05) is 35.9 Å². The van der Waals surface area contributed by atoms with Crippen LogP contribution in [0.15, 0.2) is 77.0 Å². The number of rotatable bonds is 12. The minimum atomic E-state index is -0.0508.